The van der Waals surface area contributed by atoms with Crippen molar-refractivity contribution < 1.29 is 22.5 Å². The Morgan fingerprint density at radius 3 is 2.48 bits per heavy atom. The molecule has 0 radical (unpaired) electrons. The van der Waals surface area contributed by atoms with Gasteiger partial charge >= 0.3 is 0 Å². The van der Waals surface area contributed by atoms with E-state index in [0.717, 1.165) is 16.5 Å². The number of rotatable bonds is 6. The number of aromatic amines is 1. The van der Waals surface area contributed by atoms with E-state index in [0.29, 0.717) is 26.2 Å². The van der Waals surface area contributed by atoms with Gasteiger partial charge in [0, 0.05) is 43.3 Å². The van der Waals surface area contributed by atoms with Gasteiger partial charge in [0.25, 0.3) is 0 Å². The molecule has 2 amide bonds. The molecule has 0 aliphatic carbocycles. The number of carbonyl (C=O) groups excluding carboxylic acids is 2. The van der Waals surface area contributed by atoms with Crippen LogP contribution in [0.5, 0.6) is 0 Å². The zero-order valence-electron chi connectivity index (χ0n) is 18.8. The van der Waals surface area contributed by atoms with E-state index >= 15 is 0 Å². The second-order valence-electron chi connectivity index (χ2n) is 8.24. The van der Waals surface area contributed by atoms with Crippen molar-refractivity contribution >= 4 is 32.7 Å². The van der Waals surface area contributed by atoms with Crippen LogP contribution in [0.4, 0.5) is 0 Å². The summed E-state index contributed by atoms with van der Waals surface area (Å²) in [6, 6.07) is 6.87. The third-order valence-corrected chi connectivity index (χ3v) is 7.68. The van der Waals surface area contributed by atoms with E-state index in [1.807, 2.05) is 30.5 Å². The van der Waals surface area contributed by atoms with Crippen molar-refractivity contribution in [3.8, 4) is 0 Å². The van der Waals surface area contributed by atoms with Crippen molar-refractivity contribution in [3.05, 3.63) is 47.5 Å². The maximum Gasteiger partial charge on any atom is 0.246 e. The highest BCUT2D eigenvalue weighted by Crippen LogP contribution is 2.20. The fourth-order valence-corrected chi connectivity index (χ4v) is 5.73. The highest BCUT2D eigenvalue weighted by Gasteiger charge is 2.32. The molecule has 2 N–H and O–H groups in total. The van der Waals surface area contributed by atoms with Gasteiger partial charge in [0.1, 0.15) is 10.6 Å². The molecule has 33 heavy (non-hydrogen) atoms. The smallest absolute Gasteiger partial charge is 0.246 e. The molecule has 1 atom stereocenters. The minimum absolute atomic E-state index is 0.000915. The molecule has 4 rings (SSSR count). The predicted molar refractivity (Wildman–Crippen MR) is 121 cm³/mol. The van der Waals surface area contributed by atoms with Gasteiger partial charge in [-0.3, -0.25) is 9.59 Å². The van der Waals surface area contributed by atoms with E-state index in [4.69, 9.17) is 4.52 Å². The summed E-state index contributed by atoms with van der Waals surface area (Å²) in [5.41, 5.74) is 2.17. The molecule has 3 aromatic rings. The first-order valence-electron chi connectivity index (χ1n) is 10.7. The molecule has 10 nitrogen and oxygen atoms in total. The fraction of sp³-hybridized carbons (Fsp3) is 0.409. The van der Waals surface area contributed by atoms with Crippen LogP contribution in [0, 0.1) is 13.8 Å². The topological polar surface area (TPSA) is 129 Å². The average Bonchev–Trinajstić information content (AvgIpc) is 3.35. The summed E-state index contributed by atoms with van der Waals surface area (Å²) in [5, 5.41) is 4.69. The summed E-state index contributed by atoms with van der Waals surface area (Å²) in [5.74, 6) is -0.171. The van der Waals surface area contributed by atoms with Gasteiger partial charge in [0.2, 0.25) is 21.8 Å². The summed E-state index contributed by atoms with van der Waals surface area (Å²) in [6.07, 6.45) is 2.14. The Kier molecular flexibility index (Phi) is 6.26. The lowest BCUT2D eigenvalue weighted by atomic mass is 10.1. The number of para-hydroxylation sites is 1. The van der Waals surface area contributed by atoms with E-state index in [-0.39, 0.29) is 34.6 Å². The van der Waals surface area contributed by atoms with Gasteiger partial charge in [-0.1, -0.05) is 23.4 Å². The van der Waals surface area contributed by atoms with E-state index in [1.165, 1.54) is 20.8 Å². The molecule has 1 aliphatic rings. The number of carbonyl (C=O) groups is 2. The molecule has 1 aliphatic heterocycles. The van der Waals surface area contributed by atoms with Crippen LogP contribution in [0.25, 0.3) is 10.9 Å². The molecule has 11 heteroatoms. The summed E-state index contributed by atoms with van der Waals surface area (Å²) in [7, 11) is -3.95. The predicted octanol–water partition coefficient (Wildman–Crippen LogP) is 1.35. The van der Waals surface area contributed by atoms with Crippen LogP contribution in [-0.2, 0) is 26.0 Å². The van der Waals surface area contributed by atoms with Crippen LogP contribution in [0.15, 0.2) is 39.9 Å². The first kappa shape index (κ1) is 23.0. The molecule has 1 aromatic carbocycles. The number of fused-ring (bicyclic) bond motifs is 1. The van der Waals surface area contributed by atoms with Gasteiger partial charge < -0.3 is 19.3 Å². The molecule has 0 unspecified atom stereocenters. The van der Waals surface area contributed by atoms with Crippen molar-refractivity contribution in [1.29, 1.82) is 0 Å². The number of benzene rings is 1. The Hall–Kier alpha value is -3.18. The second kappa shape index (κ2) is 8.99. The van der Waals surface area contributed by atoms with Gasteiger partial charge in [-0.25, -0.2) is 8.42 Å². The fourth-order valence-electron chi connectivity index (χ4n) is 4.20. The Bertz CT molecular complexity index is 1270. The standard InChI is InChI=1S/C22H27N5O5S/c1-14-21(16(3)32-24-14)33(30,31)25-15(2)22(29)27-10-8-26(9-11-27)20(28)12-17-13-23-19-7-5-4-6-18(17)19/h4-7,13,15,23,25H,8-12H2,1-3H3/t15-/m0/s1. The zero-order valence-corrected chi connectivity index (χ0v) is 19.6. The quantitative estimate of drug-likeness (QED) is 0.556. The van der Waals surface area contributed by atoms with Gasteiger partial charge in [0.15, 0.2) is 5.76 Å². The third-order valence-electron chi connectivity index (χ3n) is 5.90. The molecule has 3 heterocycles. The third kappa shape index (κ3) is 4.64. The highest BCUT2D eigenvalue weighted by atomic mass is 32.2. The zero-order chi connectivity index (χ0) is 23.8. The first-order chi connectivity index (χ1) is 15.7. The lowest BCUT2D eigenvalue weighted by molar-refractivity contribution is -0.139. The van der Waals surface area contributed by atoms with Gasteiger partial charge in [-0.15, -0.1) is 0 Å². The van der Waals surface area contributed by atoms with Crippen LogP contribution in [-0.4, -0.2) is 72.4 Å². The molecule has 2 aromatic heterocycles. The largest absolute Gasteiger partial charge is 0.361 e. The van der Waals surface area contributed by atoms with E-state index in [9.17, 15) is 18.0 Å². The highest BCUT2D eigenvalue weighted by molar-refractivity contribution is 7.89. The van der Waals surface area contributed by atoms with E-state index in [1.54, 1.807) is 9.80 Å². The number of H-pyrrole nitrogens is 1. The second-order valence-corrected chi connectivity index (χ2v) is 9.89. The summed E-state index contributed by atoms with van der Waals surface area (Å²) in [4.78, 5) is 32.1. The molecule has 0 spiro atoms. The van der Waals surface area contributed by atoms with Crippen LogP contribution in [0.3, 0.4) is 0 Å². The van der Waals surface area contributed by atoms with E-state index in [2.05, 4.69) is 14.9 Å². The summed E-state index contributed by atoms with van der Waals surface area (Å²) in [6.45, 7) is 6.03. The van der Waals surface area contributed by atoms with Crippen molar-refractivity contribution in [2.75, 3.05) is 26.2 Å². The summed E-state index contributed by atoms with van der Waals surface area (Å²) < 4.78 is 32.7. The van der Waals surface area contributed by atoms with Crippen molar-refractivity contribution in [2.24, 2.45) is 0 Å². The molecule has 0 saturated carbocycles. The van der Waals surface area contributed by atoms with Crippen molar-refractivity contribution in [1.82, 2.24) is 24.7 Å². The average molecular weight is 474 g/mol. The molecular formula is C22H27N5O5S. The number of piperazine rings is 1. The lowest BCUT2D eigenvalue weighted by Crippen LogP contribution is -2.55. The number of aryl methyl sites for hydroxylation is 2. The van der Waals surface area contributed by atoms with Gasteiger partial charge in [0.05, 0.1) is 12.5 Å². The maximum absolute atomic E-state index is 12.8. The number of nitrogens with zero attached hydrogens (tertiary/aromatic N) is 3. The molecule has 1 fully saturated rings. The molecule has 1 saturated heterocycles. The van der Waals surface area contributed by atoms with Crippen LogP contribution >= 0.6 is 0 Å². The number of aromatic nitrogens is 2. The number of hydrogen-bond donors (Lipinski definition) is 2. The normalized spacial score (nSPS) is 15.7. The summed E-state index contributed by atoms with van der Waals surface area (Å²) >= 11 is 0. The minimum Gasteiger partial charge on any atom is -0.361 e. The minimum atomic E-state index is -3.95. The number of sulfonamides is 1. The first-order valence-corrected chi connectivity index (χ1v) is 12.2. The van der Waals surface area contributed by atoms with E-state index < -0.39 is 16.1 Å². The van der Waals surface area contributed by atoms with Crippen LogP contribution in [0.2, 0.25) is 0 Å². The van der Waals surface area contributed by atoms with Crippen molar-refractivity contribution in [2.45, 2.75) is 38.1 Å². The van der Waals surface area contributed by atoms with Crippen LogP contribution in [0.1, 0.15) is 23.9 Å². The number of nitrogens with one attached hydrogen (secondary N) is 2. The Morgan fingerprint density at radius 1 is 1.15 bits per heavy atom. The maximum atomic E-state index is 12.8. The number of hydrogen-bond acceptors (Lipinski definition) is 6. The van der Waals surface area contributed by atoms with Crippen molar-refractivity contribution in [3.63, 3.8) is 0 Å². The molecule has 176 valence electrons. The number of amides is 2. The monoisotopic (exact) mass is 473 g/mol. The Morgan fingerprint density at radius 2 is 1.82 bits per heavy atom. The molecule has 0 bridgehead atoms. The SMILES string of the molecule is Cc1noc(C)c1S(=O)(=O)N[C@@H](C)C(=O)N1CCN(C(=O)Cc2c[nH]c3ccccc23)CC1. The van der Waals surface area contributed by atoms with Gasteiger partial charge in [-0.05, 0) is 32.4 Å². The molecular weight excluding hydrogens is 446 g/mol. The lowest BCUT2D eigenvalue weighted by Gasteiger charge is -2.36. The Labute approximate surface area is 192 Å². The van der Waals surface area contributed by atoms with Gasteiger partial charge in [-0.2, -0.15) is 4.72 Å². The Balaban J connectivity index is 1.33. The van der Waals surface area contributed by atoms with Crippen LogP contribution < -0.4 is 4.72 Å².